The molecule has 0 fully saturated rings. The summed E-state index contributed by atoms with van der Waals surface area (Å²) in [4.78, 5) is 0. The number of para-hydroxylation sites is 1. The van der Waals surface area contributed by atoms with E-state index in [9.17, 15) is 74.6 Å². The highest BCUT2D eigenvalue weighted by Gasteiger charge is 2.93. The second-order valence-electron chi connectivity index (χ2n) is 6.40. The molecule has 0 amide bonds. The third kappa shape index (κ3) is 4.23. The van der Waals surface area contributed by atoms with Crippen LogP contribution in [0.4, 0.5) is 86.0 Å². The highest BCUT2D eigenvalue weighted by molar-refractivity contribution is 5.67. The van der Waals surface area contributed by atoms with Crippen molar-refractivity contribution in [3.63, 3.8) is 0 Å². The number of hydrogen-bond acceptors (Lipinski definition) is 3. The van der Waals surface area contributed by atoms with Crippen LogP contribution in [0.1, 0.15) is 0 Å². The number of hydrogen-bond donors (Lipinski definition) is 2. The first kappa shape index (κ1) is 30.2. The summed E-state index contributed by atoms with van der Waals surface area (Å²) in [6.45, 7) is 0. The van der Waals surface area contributed by atoms with E-state index in [1.54, 1.807) is 0 Å². The predicted molar refractivity (Wildman–Crippen MR) is 80.9 cm³/mol. The summed E-state index contributed by atoms with van der Waals surface area (Å²) in [6, 6.07) is -1.19. The zero-order chi connectivity index (χ0) is 28.2. The van der Waals surface area contributed by atoms with Crippen molar-refractivity contribution < 1.29 is 79.4 Å². The van der Waals surface area contributed by atoms with E-state index >= 15 is 0 Å². The van der Waals surface area contributed by atoms with E-state index in [0.717, 1.165) is 18.2 Å². The average Bonchev–Trinajstić information content (AvgIpc) is 2.68. The average molecular weight is 554 g/mol. The molecule has 0 unspecified atom stereocenters. The third-order valence-electron chi connectivity index (χ3n) is 4.04. The fraction of sp³-hybridized carbons (Fsp3) is 0.467. The Morgan fingerprint density at radius 3 is 1.29 bits per heavy atom. The van der Waals surface area contributed by atoms with Gasteiger partial charge >= 0.3 is 47.7 Å². The van der Waals surface area contributed by atoms with Crippen molar-refractivity contribution in [1.29, 1.82) is 0 Å². The Bertz CT molecular complexity index is 962. The van der Waals surface area contributed by atoms with Gasteiger partial charge in [-0.3, -0.25) is 0 Å². The highest BCUT2D eigenvalue weighted by Crippen LogP contribution is 2.63. The topological polar surface area (TPSA) is 61.3 Å². The zero-order valence-corrected chi connectivity index (χ0v) is 15.7. The molecular formula is C15H7F17N2O. The molecule has 0 spiro atoms. The van der Waals surface area contributed by atoms with Crippen molar-refractivity contribution in [1.82, 2.24) is 0 Å². The number of ether oxygens (including phenoxy) is 1. The third-order valence-corrected chi connectivity index (χ3v) is 4.04. The number of nitrogen functional groups attached to an aromatic ring is 2. The normalized spacial score (nSPS) is 15.7. The summed E-state index contributed by atoms with van der Waals surface area (Å²) in [6.07, 6.45) is -7.80. The molecule has 0 aliphatic rings. The minimum Gasteiger partial charge on any atom is -0.425 e. The van der Waals surface area contributed by atoms with Gasteiger partial charge in [0.1, 0.15) is 0 Å². The summed E-state index contributed by atoms with van der Waals surface area (Å²) < 4.78 is 227. The van der Waals surface area contributed by atoms with Crippen molar-refractivity contribution in [3.05, 3.63) is 30.0 Å². The Hall–Kier alpha value is -2.83. The zero-order valence-electron chi connectivity index (χ0n) is 15.7. The molecular weight excluding hydrogens is 547 g/mol. The molecule has 0 heterocycles. The number of alkyl halides is 15. The Balaban J connectivity index is 3.64. The van der Waals surface area contributed by atoms with E-state index in [1.165, 1.54) is 0 Å². The number of nitrogens with two attached hydrogens (primary N) is 2. The lowest BCUT2D eigenvalue weighted by Crippen LogP contribution is -2.72. The summed E-state index contributed by atoms with van der Waals surface area (Å²) in [5.74, 6) is -55.7. The van der Waals surface area contributed by atoms with E-state index in [1.807, 2.05) is 0 Å². The maximum atomic E-state index is 13.7. The SMILES string of the molecule is Nc1cccc(N)c1OC(F)=C(F)C(F)(F)C(F)(F)C(F)(F)C(F)(F)C(F)(F)C(F)(F)C(F)(F)F. The van der Waals surface area contributed by atoms with Crippen LogP contribution in [0.2, 0.25) is 0 Å². The monoisotopic (exact) mass is 554 g/mol. The van der Waals surface area contributed by atoms with Gasteiger partial charge in [-0.25, -0.2) is 0 Å². The molecule has 1 aromatic rings. The van der Waals surface area contributed by atoms with Gasteiger partial charge in [0.05, 0.1) is 11.4 Å². The number of halogens is 17. The van der Waals surface area contributed by atoms with Gasteiger partial charge in [0.15, 0.2) is 5.75 Å². The van der Waals surface area contributed by atoms with Gasteiger partial charge in [-0.05, 0) is 12.1 Å². The maximum absolute atomic E-state index is 13.7. The van der Waals surface area contributed by atoms with Gasteiger partial charge < -0.3 is 16.2 Å². The van der Waals surface area contributed by atoms with Crippen LogP contribution in [0.25, 0.3) is 0 Å². The summed E-state index contributed by atoms with van der Waals surface area (Å²) in [7, 11) is 0. The van der Waals surface area contributed by atoms with E-state index in [4.69, 9.17) is 11.5 Å². The first-order valence-corrected chi connectivity index (χ1v) is 7.94. The molecule has 4 N–H and O–H groups in total. The Morgan fingerprint density at radius 2 is 0.914 bits per heavy atom. The summed E-state index contributed by atoms with van der Waals surface area (Å²) >= 11 is 0. The molecule has 35 heavy (non-hydrogen) atoms. The molecule has 0 saturated heterocycles. The molecule has 1 aromatic carbocycles. The van der Waals surface area contributed by atoms with E-state index in [0.29, 0.717) is 0 Å². The molecule has 202 valence electrons. The molecule has 3 nitrogen and oxygen atoms in total. The first-order valence-electron chi connectivity index (χ1n) is 7.94. The minimum atomic E-state index is -8.65. The van der Waals surface area contributed by atoms with Crippen molar-refractivity contribution >= 4 is 11.4 Å². The number of allylic oxidation sites excluding steroid dienone is 1. The van der Waals surface area contributed by atoms with Crippen LogP contribution in [0, 0.1) is 0 Å². The van der Waals surface area contributed by atoms with Gasteiger partial charge in [0, 0.05) is 0 Å². The maximum Gasteiger partial charge on any atom is 0.460 e. The molecule has 0 aliphatic carbocycles. The van der Waals surface area contributed by atoms with Crippen molar-refractivity contribution in [2.24, 2.45) is 0 Å². The smallest absolute Gasteiger partial charge is 0.425 e. The molecule has 0 saturated carbocycles. The second-order valence-corrected chi connectivity index (χ2v) is 6.40. The molecule has 0 atom stereocenters. The van der Waals surface area contributed by atoms with Gasteiger partial charge in [-0.2, -0.15) is 74.6 Å². The second kappa shape index (κ2) is 8.38. The number of rotatable bonds is 8. The van der Waals surface area contributed by atoms with Crippen LogP contribution in [0.15, 0.2) is 30.0 Å². The van der Waals surface area contributed by atoms with E-state index in [-0.39, 0.29) is 0 Å². The molecule has 20 heteroatoms. The van der Waals surface area contributed by atoms with Crippen molar-refractivity contribution in [3.8, 4) is 5.75 Å². The number of benzene rings is 1. The lowest BCUT2D eigenvalue weighted by molar-refractivity contribution is -0.451. The molecule has 0 radical (unpaired) electrons. The quantitative estimate of drug-likeness (QED) is 0.213. The Kier molecular flexibility index (Phi) is 7.24. The fourth-order valence-corrected chi connectivity index (χ4v) is 2.05. The van der Waals surface area contributed by atoms with Crippen LogP contribution in [-0.4, -0.2) is 41.7 Å². The van der Waals surface area contributed by atoms with Gasteiger partial charge in [0.2, 0.25) is 5.83 Å². The van der Waals surface area contributed by atoms with Crippen LogP contribution < -0.4 is 16.2 Å². The molecule has 0 bridgehead atoms. The van der Waals surface area contributed by atoms with Gasteiger partial charge in [0.25, 0.3) is 0 Å². The molecule has 0 aromatic heterocycles. The predicted octanol–water partition coefficient (Wildman–Crippen LogP) is 6.71. The Labute approximate surface area is 181 Å². The minimum absolute atomic E-state index is 0.737. The summed E-state index contributed by atoms with van der Waals surface area (Å²) in [5.41, 5.74) is 8.52. The van der Waals surface area contributed by atoms with Gasteiger partial charge in [-0.1, -0.05) is 6.07 Å². The van der Waals surface area contributed by atoms with Crippen LogP contribution in [0.3, 0.4) is 0 Å². The van der Waals surface area contributed by atoms with Crippen LogP contribution in [0.5, 0.6) is 5.75 Å². The molecule has 1 rings (SSSR count). The van der Waals surface area contributed by atoms with Crippen LogP contribution >= 0.6 is 0 Å². The lowest BCUT2D eigenvalue weighted by atomic mass is 9.91. The van der Waals surface area contributed by atoms with Gasteiger partial charge in [-0.15, -0.1) is 0 Å². The summed E-state index contributed by atoms with van der Waals surface area (Å²) in [5, 5.41) is 0. The first-order chi connectivity index (χ1) is 15.2. The van der Waals surface area contributed by atoms with E-state index < -0.39 is 70.7 Å². The number of anilines is 2. The molecule has 0 aliphatic heterocycles. The lowest BCUT2D eigenvalue weighted by Gasteiger charge is -2.41. The fourth-order valence-electron chi connectivity index (χ4n) is 2.05. The van der Waals surface area contributed by atoms with Crippen molar-refractivity contribution in [2.75, 3.05) is 11.5 Å². The highest BCUT2D eigenvalue weighted by atomic mass is 19.4. The van der Waals surface area contributed by atoms with Crippen molar-refractivity contribution in [2.45, 2.75) is 41.7 Å². The largest absolute Gasteiger partial charge is 0.460 e. The van der Waals surface area contributed by atoms with E-state index in [2.05, 4.69) is 4.74 Å². The van der Waals surface area contributed by atoms with Crippen LogP contribution in [-0.2, 0) is 0 Å². The standard InChI is InChI=1S/C15H7F17N2O/c16-7(8(17)35-6-4(33)2-1-3-5(6)34)9(18,19)10(20,21)11(22,23)12(24,25)13(26,27)14(28,29)15(30,31)32/h1-3H,33-34H2. The Morgan fingerprint density at radius 1 is 0.571 bits per heavy atom.